The molecule has 1 saturated heterocycles. The topological polar surface area (TPSA) is 62.3 Å². The summed E-state index contributed by atoms with van der Waals surface area (Å²) >= 11 is 1.60. The average Bonchev–Trinajstić information content (AvgIpc) is 3.62. The number of benzene rings is 2. The SMILES string of the molecule is COc1ccc(C(=O)N(CCN2CCCC2)CC(=O)N(Cc2ccc(F)cc2)Cc2sccc2C)c(OC)c1. The molecule has 0 radical (unpaired) electrons. The van der Waals surface area contributed by atoms with Gasteiger partial charge in [-0.3, -0.25) is 9.59 Å². The van der Waals surface area contributed by atoms with Crippen LogP contribution in [-0.2, 0) is 17.9 Å². The van der Waals surface area contributed by atoms with Crippen LogP contribution in [0, 0.1) is 12.7 Å². The molecule has 9 heteroatoms. The molecule has 1 aliphatic heterocycles. The van der Waals surface area contributed by atoms with E-state index in [1.54, 1.807) is 58.6 Å². The van der Waals surface area contributed by atoms with Gasteiger partial charge in [0.25, 0.3) is 5.91 Å². The van der Waals surface area contributed by atoms with Crippen molar-refractivity contribution >= 4 is 23.2 Å². The van der Waals surface area contributed by atoms with E-state index >= 15 is 0 Å². The lowest BCUT2D eigenvalue weighted by Crippen LogP contribution is -2.45. The van der Waals surface area contributed by atoms with Gasteiger partial charge in [-0.2, -0.15) is 0 Å². The first kappa shape index (κ1) is 28.6. The van der Waals surface area contributed by atoms with Gasteiger partial charge in [0.15, 0.2) is 0 Å². The van der Waals surface area contributed by atoms with Crippen molar-refractivity contribution in [3.8, 4) is 11.5 Å². The summed E-state index contributed by atoms with van der Waals surface area (Å²) in [5.74, 6) is 0.221. The van der Waals surface area contributed by atoms with Crippen molar-refractivity contribution < 1.29 is 23.5 Å². The van der Waals surface area contributed by atoms with Crippen molar-refractivity contribution in [1.82, 2.24) is 14.7 Å². The van der Waals surface area contributed by atoms with Gasteiger partial charge in [-0.25, -0.2) is 4.39 Å². The lowest BCUT2D eigenvalue weighted by molar-refractivity contribution is -0.133. The second-order valence-electron chi connectivity index (χ2n) is 9.74. The van der Waals surface area contributed by atoms with Crippen molar-refractivity contribution in [3.63, 3.8) is 0 Å². The summed E-state index contributed by atoms with van der Waals surface area (Å²) in [5.41, 5.74) is 2.32. The molecule has 0 spiro atoms. The summed E-state index contributed by atoms with van der Waals surface area (Å²) in [4.78, 5) is 34.4. The van der Waals surface area contributed by atoms with Crippen LogP contribution < -0.4 is 9.47 Å². The molecule has 2 aromatic carbocycles. The highest BCUT2D eigenvalue weighted by atomic mass is 32.1. The van der Waals surface area contributed by atoms with E-state index in [2.05, 4.69) is 4.90 Å². The van der Waals surface area contributed by atoms with Crippen LogP contribution in [0.25, 0.3) is 0 Å². The Morgan fingerprint density at radius 1 is 0.974 bits per heavy atom. The van der Waals surface area contributed by atoms with Gasteiger partial charge in [0.1, 0.15) is 23.9 Å². The van der Waals surface area contributed by atoms with E-state index in [-0.39, 0.29) is 24.2 Å². The van der Waals surface area contributed by atoms with E-state index in [9.17, 15) is 14.0 Å². The summed E-state index contributed by atoms with van der Waals surface area (Å²) < 4.78 is 24.3. The third-order valence-electron chi connectivity index (χ3n) is 7.08. The number of thiophene rings is 1. The first-order chi connectivity index (χ1) is 18.9. The molecule has 7 nitrogen and oxygen atoms in total. The highest BCUT2D eigenvalue weighted by molar-refractivity contribution is 7.10. The molecule has 4 rings (SSSR count). The Labute approximate surface area is 233 Å². The van der Waals surface area contributed by atoms with Crippen molar-refractivity contribution in [2.45, 2.75) is 32.9 Å². The number of carbonyl (C=O) groups excluding carboxylic acids is 2. The highest BCUT2D eigenvalue weighted by Gasteiger charge is 2.26. The Kier molecular flexibility index (Phi) is 9.95. The van der Waals surface area contributed by atoms with Gasteiger partial charge in [-0.15, -0.1) is 11.3 Å². The van der Waals surface area contributed by atoms with E-state index < -0.39 is 0 Å². The molecule has 1 aromatic heterocycles. The second kappa shape index (κ2) is 13.6. The monoisotopic (exact) mass is 553 g/mol. The minimum Gasteiger partial charge on any atom is -0.497 e. The summed E-state index contributed by atoms with van der Waals surface area (Å²) in [6, 6.07) is 13.3. The van der Waals surface area contributed by atoms with Gasteiger partial charge in [-0.05, 0) is 79.7 Å². The fraction of sp³-hybridized carbons (Fsp3) is 0.400. The first-order valence-electron chi connectivity index (χ1n) is 13.2. The number of halogens is 1. The van der Waals surface area contributed by atoms with Gasteiger partial charge in [0.2, 0.25) is 5.91 Å². The maximum Gasteiger partial charge on any atom is 0.258 e. The van der Waals surface area contributed by atoms with Crippen LogP contribution in [-0.4, -0.2) is 73.5 Å². The number of hydrogen-bond acceptors (Lipinski definition) is 6. The lowest BCUT2D eigenvalue weighted by atomic mass is 10.1. The normalized spacial score (nSPS) is 13.3. The molecular formula is C30H36FN3O4S. The van der Waals surface area contributed by atoms with E-state index in [0.717, 1.165) is 41.9 Å². The zero-order valence-corrected chi connectivity index (χ0v) is 23.6. The third-order valence-corrected chi connectivity index (χ3v) is 8.09. The van der Waals surface area contributed by atoms with Crippen LogP contribution in [0.2, 0.25) is 0 Å². The second-order valence-corrected chi connectivity index (χ2v) is 10.7. The number of methoxy groups -OCH3 is 2. The molecule has 39 heavy (non-hydrogen) atoms. The number of nitrogens with zero attached hydrogens (tertiary/aromatic N) is 3. The van der Waals surface area contributed by atoms with Gasteiger partial charge < -0.3 is 24.2 Å². The van der Waals surface area contributed by atoms with Crippen LogP contribution in [0.15, 0.2) is 53.9 Å². The highest BCUT2D eigenvalue weighted by Crippen LogP contribution is 2.26. The molecule has 0 aliphatic carbocycles. The van der Waals surface area contributed by atoms with Gasteiger partial charge in [0.05, 0.1) is 26.3 Å². The minimum absolute atomic E-state index is 0.0759. The maximum absolute atomic E-state index is 13.8. The molecule has 0 atom stereocenters. The summed E-state index contributed by atoms with van der Waals surface area (Å²) in [5, 5.41) is 2.01. The van der Waals surface area contributed by atoms with Crippen LogP contribution in [0.4, 0.5) is 4.39 Å². The molecule has 0 saturated carbocycles. The zero-order chi connectivity index (χ0) is 27.8. The van der Waals surface area contributed by atoms with Crippen molar-refractivity contribution in [3.05, 3.63) is 81.3 Å². The first-order valence-corrected chi connectivity index (χ1v) is 14.0. The van der Waals surface area contributed by atoms with Gasteiger partial charge in [0, 0.05) is 30.6 Å². The summed E-state index contributed by atoms with van der Waals surface area (Å²) in [6.07, 6.45) is 2.29. The molecule has 1 aliphatic rings. The quantitative estimate of drug-likeness (QED) is 0.317. The van der Waals surface area contributed by atoms with E-state index in [1.807, 2.05) is 18.4 Å². The molecule has 0 unspecified atom stereocenters. The summed E-state index contributed by atoms with van der Waals surface area (Å²) in [7, 11) is 3.07. The van der Waals surface area contributed by atoms with E-state index in [0.29, 0.717) is 43.2 Å². The number of rotatable bonds is 12. The van der Waals surface area contributed by atoms with Gasteiger partial charge >= 0.3 is 0 Å². The van der Waals surface area contributed by atoms with E-state index in [1.165, 1.54) is 19.2 Å². The number of amides is 2. The predicted octanol–water partition coefficient (Wildman–Crippen LogP) is 4.98. The third kappa shape index (κ3) is 7.58. The molecular weight excluding hydrogens is 517 g/mol. The maximum atomic E-state index is 13.8. The average molecular weight is 554 g/mol. The van der Waals surface area contributed by atoms with Crippen LogP contribution in [0.1, 0.15) is 39.2 Å². The number of carbonyl (C=O) groups is 2. The molecule has 0 N–H and O–H groups in total. The predicted molar refractivity (Wildman–Crippen MR) is 151 cm³/mol. The van der Waals surface area contributed by atoms with Crippen LogP contribution in [0.3, 0.4) is 0 Å². The fourth-order valence-electron chi connectivity index (χ4n) is 4.71. The number of aryl methyl sites for hydroxylation is 1. The van der Waals surface area contributed by atoms with Crippen LogP contribution in [0.5, 0.6) is 11.5 Å². The van der Waals surface area contributed by atoms with Crippen molar-refractivity contribution in [2.75, 3.05) is 46.9 Å². The van der Waals surface area contributed by atoms with E-state index in [4.69, 9.17) is 9.47 Å². The summed E-state index contributed by atoms with van der Waals surface area (Å²) in [6.45, 7) is 5.78. The Morgan fingerprint density at radius 2 is 1.72 bits per heavy atom. The zero-order valence-electron chi connectivity index (χ0n) is 22.8. The fourth-order valence-corrected chi connectivity index (χ4v) is 5.63. The Bertz CT molecular complexity index is 1260. The Balaban J connectivity index is 1.58. The molecule has 1 fully saturated rings. The molecule has 208 valence electrons. The van der Waals surface area contributed by atoms with Crippen molar-refractivity contribution in [1.29, 1.82) is 0 Å². The number of hydrogen-bond donors (Lipinski definition) is 0. The largest absolute Gasteiger partial charge is 0.497 e. The minimum atomic E-state index is -0.321. The number of likely N-dealkylation sites (tertiary alicyclic amines) is 1. The Hall–Kier alpha value is -3.43. The van der Waals surface area contributed by atoms with Gasteiger partial charge in [-0.1, -0.05) is 12.1 Å². The molecule has 3 aromatic rings. The van der Waals surface area contributed by atoms with Crippen molar-refractivity contribution in [2.24, 2.45) is 0 Å². The molecule has 2 heterocycles. The Morgan fingerprint density at radius 3 is 2.36 bits per heavy atom. The van der Waals surface area contributed by atoms with Crippen LogP contribution >= 0.6 is 11.3 Å². The standard InChI is InChI=1S/C30H36FN3O4S/c1-22-12-17-39-28(22)20-34(19-23-6-8-24(31)9-7-23)29(35)21-33(16-15-32-13-4-5-14-32)30(36)26-11-10-25(37-2)18-27(26)38-3/h6-12,17-18H,4-5,13-16,19-21H2,1-3H3. The molecule has 0 bridgehead atoms. The number of ether oxygens (including phenoxy) is 2. The molecule has 2 amide bonds. The smallest absolute Gasteiger partial charge is 0.258 e. The lowest BCUT2D eigenvalue weighted by Gasteiger charge is -2.29.